The van der Waals surface area contributed by atoms with Crippen LogP contribution in [-0.4, -0.2) is 34.6 Å². The molecule has 5 aromatic rings. The number of thiophene rings is 1. The Labute approximate surface area is 175 Å². The first kappa shape index (κ1) is 18.3. The summed E-state index contributed by atoms with van der Waals surface area (Å²) in [6, 6.07) is 14.8. The van der Waals surface area contributed by atoms with E-state index in [-0.39, 0.29) is 4.90 Å². The standard InChI is InChI=1S/C20H14N4O2S3/c1-29(25,26)13-6-4-5-12(9-13)14-10-27-18-17(14)19(22-11-21-18)28-20-23-15-7-2-3-8-16(15)24-20/h2-11H,1H3,(H,23,24). The molecule has 0 bridgehead atoms. The summed E-state index contributed by atoms with van der Waals surface area (Å²) in [6.07, 6.45) is 2.75. The molecule has 1 N–H and O–H groups in total. The average molecular weight is 439 g/mol. The number of para-hydroxylation sites is 2. The van der Waals surface area contributed by atoms with Crippen molar-refractivity contribution in [2.75, 3.05) is 6.26 Å². The van der Waals surface area contributed by atoms with Gasteiger partial charge in [0.1, 0.15) is 16.2 Å². The lowest BCUT2D eigenvalue weighted by molar-refractivity contribution is 0.602. The van der Waals surface area contributed by atoms with Crippen molar-refractivity contribution in [3.8, 4) is 11.1 Å². The number of benzene rings is 2. The van der Waals surface area contributed by atoms with Crippen molar-refractivity contribution in [2.45, 2.75) is 15.1 Å². The third kappa shape index (κ3) is 3.41. The maximum absolute atomic E-state index is 12.0. The predicted octanol–water partition coefficient (Wildman–Crippen LogP) is 4.79. The number of nitrogens with one attached hydrogen (secondary N) is 1. The van der Waals surface area contributed by atoms with Crippen molar-refractivity contribution in [2.24, 2.45) is 0 Å². The Morgan fingerprint density at radius 3 is 2.76 bits per heavy atom. The lowest BCUT2D eigenvalue weighted by Gasteiger charge is -2.05. The topological polar surface area (TPSA) is 88.6 Å². The van der Waals surface area contributed by atoms with Crippen molar-refractivity contribution in [3.63, 3.8) is 0 Å². The molecule has 3 aromatic heterocycles. The molecule has 29 heavy (non-hydrogen) atoms. The Balaban J connectivity index is 1.64. The van der Waals surface area contributed by atoms with E-state index < -0.39 is 9.84 Å². The molecular weight excluding hydrogens is 424 g/mol. The Kier molecular flexibility index (Phi) is 4.38. The van der Waals surface area contributed by atoms with E-state index in [4.69, 9.17) is 0 Å². The van der Waals surface area contributed by atoms with Crippen LogP contribution in [0, 0.1) is 0 Å². The number of aromatic nitrogens is 4. The third-order valence-corrected chi connectivity index (χ3v) is 7.36. The molecule has 5 rings (SSSR count). The van der Waals surface area contributed by atoms with Crippen molar-refractivity contribution >= 4 is 54.2 Å². The maximum Gasteiger partial charge on any atom is 0.175 e. The number of rotatable bonds is 4. The maximum atomic E-state index is 12.0. The van der Waals surface area contributed by atoms with Gasteiger partial charge in [0.05, 0.1) is 21.3 Å². The van der Waals surface area contributed by atoms with Gasteiger partial charge in [0, 0.05) is 17.2 Å². The molecular formula is C20H14N4O2S3. The van der Waals surface area contributed by atoms with Gasteiger partial charge in [0.2, 0.25) is 0 Å². The monoisotopic (exact) mass is 438 g/mol. The summed E-state index contributed by atoms with van der Waals surface area (Å²) in [5, 5.41) is 4.40. The van der Waals surface area contributed by atoms with Gasteiger partial charge in [-0.05, 0) is 41.6 Å². The zero-order chi connectivity index (χ0) is 20.0. The lowest BCUT2D eigenvalue weighted by Crippen LogP contribution is -1.96. The Hall–Kier alpha value is -2.75. The number of hydrogen-bond donors (Lipinski definition) is 1. The molecule has 2 aromatic carbocycles. The Morgan fingerprint density at radius 1 is 1.07 bits per heavy atom. The molecule has 144 valence electrons. The molecule has 3 heterocycles. The van der Waals surface area contributed by atoms with Crippen LogP contribution in [0.2, 0.25) is 0 Å². The summed E-state index contributed by atoms with van der Waals surface area (Å²) in [6.45, 7) is 0. The zero-order valence-electron chi connectivity index (χ0n) is 15.2. The first-order valence-electron chi connectivity index (χ1n) is 8.64. The first-order valence-corrected chi connectivity index (χ1v) is 12.2. The number of fused-ring (bicyclic) bond motifs is 2. The predicted molar refractivity (Wildman–Crippen MR) is 116 cm³/mol. The van der Waals surface area contributed by atoms with Crippen molar-refractivity contribution in [1.29, 1.82) is 0 Å². The summed E-state index contributed by atoms with van der Waals surface area (Å²) >= 11 is 2.94. The number of nitrogens with zero attached hydrogens (tertiary/aromatic N) is 3. The molecule has 0 fully saturated rings. The van der Waals surface area contributed by atoms with Crippen molar-refractivity contribution in [1.82, 2.24) is 19.9 Å². The van der Waals surface area contributed by atoms with Gasteiger partial charge in [-0.15, -0.1) is 11.3 Å². The Morgan fingerprint density at radius 2 is 1.93 bits per heavy atom. The quantitative estimate of drug-likeness (QED) is 0.406. The smallest absolute Gasteiger partial charge is 0.175 e. The second kappa shape index (κ2) is 6.94. The third-order valence-electron chi connectivity index (χ3n) is 4.47. The summed E-state index contributed by atoms with van der Waals surface area (Å²) in [4.78, 5) is 17.9. The van der Waals surface area contributed by atoms with E-state index in [1.165, 1.54) is 29.4 Å². The minimum absolute atomic E-state index is 0.290. The molecule has 0 amide bonds. The van der Waals surface area contributed by atoms with E-state index in [1.54, 1.807) is 24.5 Å². The second-order valence-electron chi connectivity index (χ2n) is 6.47. The highest BCUT2D eigenvalue weighted by Gasteiger charge is 2.17. The highest BCUT2D eigenvalue weighted by molar-refractivity contribution is 7.99. The van der Waals surface area contributed by atoms with E-state index in [1.807, 2.05) is 35.7 Å². The molecule has 9 heteroatoms. The summed E-state index contributed by atoms with van der Waals surface area (Å²) in [7, 11) is -3.29. The van der Waals surface area contributed by atoms with Gasteiger partial charge in [-0.1, -0.05) is 24.3 Å². The van der Waals surface area contributed by atoms with Crippen LogP contribution in [-0.2, 0) is 9.84 Å². The van der Waals surface area contributed by atoms with Gasteiger partial charge in [-0.2, -0.15) is 0 Å². The van der Waals surface area contributed by atoms with Crippen LogP contribution in [0.25, 0.3) is 32.4 Å². The molecule has 0 saturated heterocycles. The number of aromatic amines is 1. The van der Waals surface area contributed by atoms with E-state index in [0.717, 1.165) is 42.6 Å². The first-order chi connectivity index (χ1) is 14.0. The van der Waals surface area contributed by atoms with Gasteiger partial charge in [0.25, 0.3) is 0 Å². The molecule has 0 aliphatic heterocycles. The molecule has 0 aliphatic rings. The number of hydrogen-bond acceptors (Lipinski definition) is 7. The number of H-pyrrole nitrogens is 1. The minimum atomic E-state index is -3.29. The number of sulfone groups is 1. The molecule has 6 nitrogen and oxygen atoms in total. The SMILES string of the molecule is CS(=O)(=O)c1cccc(-c2csc3ncnc(Sc4nc5ccccc5[nH]4)c23)c1. The highest BCUT2D eigenvalue weighted by atomic mass is 32.2. The average Bonchev–Trinajstić information content (AvgIpc) is 3.31. The van der Waals surface area contributed by atoms with E-state index in [9.17, 15) is 8.42 Å². The van der Waals surface area contributed by atoms with Crippen LogP contribution in [0.15, 0.2) is 75.3 Å². The van der Waals surface area contributed by atoms with Gasteiger partial charge >= 0.3 is 0 Å². The molecule has 0 unspecified atom stereocenters. The molecule has 0 spiro atoms. The summed E-state index contributed by atoms with van der Waals surface area (Å²) in [5.41, 5.74) is 3.59. The summed E-state index contributed by atoms with van der Waals surface area (Å²) in [5.74, 6) is 0. The van der Waals surface area contributed by atoms with E-state index >= 15 is 0 Å². The fourth-order valence-corrected chi connectivity index (χ4v) is 5.65. The van der Waals surface area contributed by atoms with Gasteiger partial charge in [-0.25, -0.2) is 23.4 Å². The molecule has 0 atom stereocenters. The lowest BCUT2D eigenvalue weighted by atomic mass is 10.1. The van der Waals surface area contributed by atoms with Crippen LogP contribution >= 0.6 is 23.1 Å². The van der Waals surface area contributed by atoms with E-state index in [2.05, 4.69) is 19.9 Å². The fourth-order valence-electron chi connectivity index (χ4n) is 3.10. The van der Waals surface area contributed by atoms with Crippen LogP contribution in [0.1, 0.15) is 0 Å². The minimum Gasteiger partial charge on any atom is -0.333 e. The van der Waals surface area contributed by atoms with Crippen LogP contribution < -0.4 is 0 Å². The van der Waals surface area contributed by atoms with Gasteiger partial charge < -0.3 is 4.98 Å². The van der Waals surface area contributed by atoms with E-state index in [0.29, 0.717) is 0 Å². The van der Waals surface area contributed by atoms with Gasteiger partial charge in [-0.3, -0.25) is 0 Å². The van der Waals surface area contributed by atoms with Crippen molar-refractivity contribution in [3.05, 3.63) is 60.2 Å². The molecule has 0 saturated carbocycles. The highest BCUT2D eigenvalue weighted by Crippen LogP contribution is 2.40. The molecule has 0 radical (unpaired) electrons. The largest absolute Gasteiger partial charge is 0.333 e. The van der Waals surface area contributed by atoms with Crippen LogP contribution in [0.3, 0.4) is 0 Å². The Bertz CT molecular complexity index is 1440. The normalized spacial score (nSPS) is 12.0. The molecule has 0 aliphatic carbocycles. The van der Waals surface area contributed by atoms with Crippen LogP contribution in [0.4, 0.5) is 0 Å². The van der Waals surface area contributed by atoms with Crippen molar-refractivity contribution < 1.29 is 8.42 Å². The van der Waals surface area contributed by atoms with Crippen LogP contribution in [0.5, 0.6) is 0 Å². The van der Waals surface area contributed by atoms with Gasteiger partial charge in [0.15, 0.2) is 15.0 Å². The zero-order valence-corrected chi connectivity index (χ0v) is 17.6. The second-order valence-corrected chi connectivity index (χ2v) is 10.3. The fraction of sp³-hybridized carbons (Fsp3) is 0.0500. The summed E-state index contributed by atoms with van der Waals surface area (Å²) < 4.78 is 23.9. The number of imidazole rings is 1.